The van der Waals surface area contributed by atoms with Gasteiger partial charge in [0, 0.05) is 19.3 Å². The highest BCUT2D eigenvalue weighted by Crippen LogP contribution is 2.17. The van der Waals surface area contributed by atoms with Crippen molar-refractivity contribution < 1.29 is 28.6 Å². The molecule has 0 rings (SSSR count). The van der Waals surface area contributed by atoms with Gasteiger partial charge in [-0.15, -0.1) is 0 Å². The van der Waals surface area contributed by atoms with Crippen LogP contribution in [0.5, 0.6) is 0 Å². The van der Waals surface area contributed by atoms with Gasteiger partial charge >= 0.3 is 17.9 Å². The predicted molar refractivity (Wildman–Crippen MR) is 357 cm³/mol. The Kier molecular flexibility index (Phi) is 66.7. The zero-order valence-electron chi connectivity index (χ0n) is 54.2. The average molecular weight is 1140 g/mol. The van der Waals surface area contributed by atoms with E-state index in [1.807, 2.05) is 0 Å². The van der Waals surface area contributed by atoms with Gasteiger partial charge in [-0.05, 0) is 103 Å². The summed E-state index contributed by atoms with van der Waals surface area (Å²) >= 11 is 0. The summed E-state index contributed by atoms with van der Waals surface area (Å²) in [6.07, 6.45) is 94.3. The summed E-state index contributed by atoms with van der Waals surface area (Å²) in [7, 11) is 0. The largest absolute Gasteiger partial charge is 0.462 e. The van der Waals surface area contributed by atoms with Gasteiger partial charge in [-0.25, -0.2) is 0 Å². The first-order valence-corrected chi connectivity index (χ1v) is 35.2. The summed E-state index contributed by atoms with van der Waals surface area (Å²) in [5.41, 5.74) is 0. The summed E-state index contributed by atoms with van der Waals surface area (Å²) in [6, 6.07) is 0. The fourth-order valence-corrected chi connectivity index (χ4v) is 10.1. The molecule has 0 aromatic rings. The van der Waals surface area contributed by atoms with Crippen LogP contribution < -0.4 is 0 Å². The van der Waals surface area contributed by atoms with E-state index in [0.717, 1.165) is 128 Å². The molecule has 0 aliphatic heterocycles. The molecular formula is C76H132O6. The monoisotopic (exact) mass is 1140 g/mol. The molecular weight excluding hydrogens is 1010 g/mol. The molecule has 0 aliphatic carbocycles. The van der Waals surface area contributed by atoms with Gasteiger partial charge in [0.25, 0.3) is 0 Å². The summed E-state index contributed by atoms with van der Waals surface area (Å²) in [5, 5.41) is 0. The van der Waals surface area contributed by atoms with Gasteiger partial charge in [0.15, 0.2) is 6.10 Å². The lowest BCUT2D eigenvalue weighted by Gasteiger charge is -2.18. The maximum atomic E-state index is 13.0. The zero-order valence-corrected chi connectivity index (χ0v) is 54.2. The second-order valence-corrected chi connectivity index (χ2v) is 23.4. The number of hydrogen-bond acceptors (Lipinski definition) is 6. The normalized spacial score (nSPS) is 12.7. The van der Waals surface area contributed by atoms with Crippen molar-refractivity contribution in [1.29, 1.82) is 0 Å². The van der Waals surface area contributed by atoms with Gasteiger partial charge in [-0.1, -0.05) is 323 Å². The van der Waals surface area contributed by atoms with Crippen LogP contribution in [0.1, 0.15) is 348 Å². The highest BCUT2D eigenvalue weighted by molar-refractivity contribution is 5.71. The van der Waals surface area contributed by atoms with Crippen molar-refractivity contribution in [2.75, 3.05) is 13.2 Å². The van der Waals surface area contributed by atoms with E-state index in [-0.39, 0.29) is 31.1 Å². The maximum Gasteiger partial charge on any atom is 0.306 e. The third kappa shape index (κ3) is 67.1. The summed E-state index contributed by atoms with van der Waals surface area (Å²) < 4.78 is 17.0. The molecule has 0 bridgehead atoms. The van der Waals surface area contributed by atoms with E-state index >= 15 is 0 Å². The van der Waals surface area contributed by atoms with Crippen LogP contribution >= 0.6 is 0 Å². The molecule has 0 saturated heterocycles. The minimum Gasteiger partial charge on any atom is -0.462 e. The number of esters is 3. The summed E-state index contributed by atoms with van der Waals surface area (Å²) in [4.78, 5) is 38.5. The van der Waals surface area contributed by atoms with E-state index in [2.05, 4.69) is 118 Å². The Morgan fingerprint density at radius 2 is 0.476 bits per heavy atom. The number of unbranched alkanes of at least 4 members (excludes halogenated alkanes) is 37. The Labute approximate surface area is 508 Å². The first kappa shape index (κ1) is 78.3. The van der Waals surface area contributed by atoms with E-state index in [9.17, 15) is 14.4 Å². The topological polar surface area (TPSA) is 78.9 Å². The van der Waals surface area contributed by atoms with Crippen LogP contribution in [0.3, 0.4) is 0 Å². The summed E-state index contributed by atoms with van der Waals surface area (Å²) in [6.45, 7) is 6.55. The lowest BCUT2D eigenvalue weighted by Crippen LogP contribution is -2.30. The molecule has 6 heteroatoms. The molecule has 1 unspecified atom stereocenters. The average Bonchev–Trinajstić information content (AvgIpc) is 3.47. The van der Waals surface area contributed by atoms with Crippen LogP contribution in [0.2, 0.25) is 0 Å². The molecule has 0 heterocycles. The smallest absolute Gasteiger partial charge is 0.306 e. The SMILES string of the molecule is CC/C=C\C/C=C\C/C=C\C/C=C\C/C=C\C/C=C\C/C=C\CCCCCCCC(=O)OCC(COC(=O)CCCCCCC/C=C\CCCCCCCC)OC(=O)CCCCCCCCCCCCCCCCCCCCCCCC. The molecule has 0 aliphatic rings. The Hall–Kier alpha value is -3.67. The lowest BCUT2D eigenvalue weighted by atomic mass is 10.0. The fraction of sp³-hybridized carbons (Fsp3) is 0.750. The predicted octanol–water partition coefficient (Wildman–Crippen LogP) is 24.4. The minimum atomic E-state index is -0.790. The van der Waals surface area contributed by atoms with Crippen molar-refractivity contribution in [3.05, 3.63) is 97.2 Å². The molecule has 0 fully saturated rings. The highest BCUT2D eigenvalue weighted by Gasteiger charge is 2.19. The third-order valence-electron chi connectivity index (χ3n) is 15.3. The van der Waals surface area contributed by atoms with Crippen molar-refractivity contribution in [1.82, 2.24) is 0 Å². The van der Waals surface area contributed by atoms with Gasteiger partial charge in [0.1, 0.15) is 13.2 Å². The van der Waals surface area contributed by atoms with E-state index in [0.29, 0.717) is 19.3 Å². The van der Waals surface area contributed by atoms with Crippen molar-refractivity contribution >= 4 is 17.9 Å². The molecule has 0 amide bonds. The van der Waals surface area contributed by atoms with Gasteiger partial charge in [0.2, 0.25) is 0 Å². The number of carbonyl (C=O) groups excluding carboxylic acids is 3. The molecule has 1 atom stereocenters. The quantitative estimate of drug-likeness (QED) is 0.0261. The van der Waals surface area contributed by atoms with Crippen LogP contribution in [0, 0.1) is 0 Å². The van der Waals surface area contributed by atoms with Crippen molar-refractivity contribution in [2.24, 2.45) is 0 Å². The number of rotatable bonds is 64. The number of carbonyl (C=O) groups is 3. The first-order chi connectivity index (χ1) is 40.5. The third-order valence-corrected chi connectivity index (χ3v) is 15.3. The number of ether oxygens (including phenoxy) is 3. The molecule has 0 aromatic carbocycles. The maximum absolute atomic E-state index is 13.0. The van der Waals surface area contributed by atoms with Crippen molar-refractivity contribution in [2.45, 2.75) is 354 Å². The zero-order chi connectivity index (χ0) is 59.2. The van der Waals surface area contributed by atoms with E-state index in [1.54, 1.807) is 0 Å². The van der Waals surface area contributed by atoms with Crippen LogP contribution in [0.25, 0.3) is 0 Å². The number of hydrogen-bond donors (Lipinski definition) is 0. The minimum absolute atomic E-state index is 0.0852. The molecule has 0 spiro atoms. The molecule has 472 valence electrons. The molecule has 82 heavy (non-hydrogen) atoms. The number of allylic oxidation sites excluding steroid dienone is 16. The van der Waals surface area contributed by atoms with Gasteiger partial charge in [-0.2, -0.15) is 0 Å². The second kappa shape index (κ2) is 69.8. The Morgan fingerprint density at radius 1 is 0.256 bits per heavy atom. The van der Waals surface area contributed by atoms with E-state index < -0.39 is 6.10 Å². The van der Waals surface area contributed by atoms with Crippen molar-refractivity contribution in [3.8, 4) is 0 Å². The highest BCUT2D eigenvalue weighted by atomic mass is 16.6. The van der Waals surface area contributed by atoms with E-state index in [1.165, 1.54) is 180 Å². The van der Waals surface area contributed by atoms with Gasteiger partial charge in [0.05, 0.1) is 0 Å². The van der Waals surface area contributed by atoms with Crippen LogP contribution in [-0.4, -0.2) is 37.2 Å². The molecule has 0 aromatic heterocycles. The Balaban J connectivity index is 4.37. The van der Waals surface area contributed by atoms with Crippen LogP contribution in [-0.2, 0) is 28.6 Å². The first-order valence-electron chi connectivity index (χ1n) is 35.2. The molecule has 0 radical (unpaired) electrons. The van der Waals surface area contributed by atoms with Crippen LogP contribution in [0.15, 0.2) is 97.2 Å². The second-order valence-electron chi connectivity index (χ2n) is 23.4. The van der Waals surface area contributed by atoms with E-state index in [4.69, 9.17) is 14.2 Å². The van der Waals surface area contributed by atoms with Gasteiger partial charge in [-0.3, -0.25) is 14.4 Å². The Bertz CT molecular complexity index is 1590. The molecule has 6 nitrogen and oxygen atoms in total. The van der Waals surface area contributed by atoms with Gasteiger partial charge < -0.3 is 14.2 Å². The van der Waals surface area contributed by atoms with Crippen molar-refractivity contribution in [3.63, 3.8) is 0 Å². The summed E-state index contributed by atoms with van der Waals surface area (Å²) in [5.74, 6) is -0.895. The fourth-order valence-electron chi connectivity index (χ4n) is 10.1. The molecule has 0 N–H and O–H groups in total. The van der Waals surface area contributed by atoms with Crippen LogP contribution in [0.4, 0.5) is 0 Å². The molecule has 0 saturated carbocycles. The lowest BCUT2D eigenvalue weighted by molar-refractivity contribution is -0.167. The standard InChI is InChI=1S/C76H132O6/c1-4-7-10-13-16-19-22-25-28-30-32-34-36-37-38-39-40-42-43-45-48-51-54-57-60-63-66-69-75(78)81-72-73(71-80-74(77)68-65-62-59-56-53-50-47-27-24-21-18-15-12-9-6-3)82-76(79)70-67-64-61-58-55-52-49-46-44-41-35-33-31-29-26-23-20-17-14-11-8-5-2/h7,10,16,19,25,27-28,32,34,37-38,40,42,45,47-48,73H,4-6,8-9,11-15,17-18,20-24,26,29-31,33,35-36,39,41,43-44,46,49-72H2,1-3H3/b10-7-,19-16-,28-25-,34-32-,38-37-,42-40-,47-27-,48-45-. The Morgan fingerprint density at radius 3 is 0.756 bits per heavy atom.